The van der Waals surface area contributed by atoms with Gasteiger partial charge in [0.05, 0.1) is 20.4 Å². The second kappa shape index (κ2) is 7.18. The molecule has 0 aliphatic heterocycles. The predicted octanol–water partition coefficient (Wildman–Crippen LogP) is 3.21. The van der Waals surface area contributed by atoms with Gasteiger partial charge < -0.3 is 14.6 Å². The molecule has 1 aromatic heterocycles. The molecule has 0 amide bonds. The van der Waals surface area contributed by atoms with E-state index in [1.54, 1.807) is 25.5 Å². The molecule has 25 heavy (non-hydrogen) atoms. The molecule has 0 unspecified atom stereocenters. The number of benzene rings is 2. The predicted molar refractivity (Wildman–Crippen MR) is 97.1 cm³/mol. The van der Waals surface area contributed by atoms with Gasteiger partial charge in [-0.15, -0.1) is 0 Å². The van der Waals surface area contributed by atoms with Crippen molar-refractivity contribution in [3.05, 3.63) is 52.8 Å². The summed E-state index contributed by atoms with van der Waals surface area (Å²) in [6, 6.07) is 12.4. The van der Waals surface area contributed by atoms with Crippen LogP contribution in [0.3, 0.4) is 0 Å². The minimum Gasteiger partial charge on any atom is -0.504 e. The summed E-state index contributed by atoms with van der Waals surface area (Å²) in [5.41, 5.74) is 1.56. The summed E-state index contributed by atoms with van der Waals surface area (Å²) in [5.74, 6) is 1.71. The Kier molecular flexibility index (Phi) is 4.80. The maximum atomic E-state index is 9.66. The molecule has 2 aromatic carbocycles. The van der Waals surface area contributed by atoms with Crippen LogP contribution in [0.4, 0.5) is 0 Å². The van der Waals surface area contributed by atoms with Crippen LogP contribution in [0.25, 0.3) is 11.4 Å². The zero-order chi connectivity index (χ0) is 17.8. The van der Waals surface area contributed by atoms with Crippen molar-refractivity contribution in [1.82, 2.24) is 14.9 Å². The Morgan fingerprint density at radius 3 is 2.80 bits per heavy atom. The van der Waals surface area contributed by atoms with Crippen molar-refractivity contribution in [2.45, 2.75) is 0 Å². The Hall–Kier alpha value is -3.13. The number of rotatable bonds is 5. The van der Waals surface area contributed by atoms with Crippen molar-refractivity contribution in [2.75, 3.05) is 14.2 Å². The average molecular weight is 356 g/mol. The number of H-pyrrole nitrogens is 1. The first-order chi connectivity index (χ1) is 12.1. The van der Waals surface area contributed by atoms with E-state index in [0.29, 0.717) is 22.1 Å². The molecular weight excluding hydrogens is 340 g/mol. The van der Waals surface area contributed by atoms with Crippen LogP contribution in [-0.4, -0.2) is 40.4 Å². The zero-order valence-electron chi connectivity index (χ0n) is 13.6. The Bertz CT molecular complexity index is 978. The molecule has 1 heterocycles. The van der Waals surface area contributed by atoms with Crippen LogP contribution in [0, 0.1) is 4.77 Å². The number of hydrogen-bond acceptors (Lipinski definition) is 6. The van der Waals surface area contributed by atoms with Crippen LogP contribution in [0.5, 0.6) is 17.2 Å². The van der Waals surface area contributed by atoms with Gasteiger partial charge in [-0.25, -0.2) is 5.10 Å². The summed E-state index contributed by atoms with van der Waals surface area (Å²) in [4.78, 5) is 0. The lowest BCUT2D eigenvalue weighted by Crippen LogP contribution is -1.96. The summed E-state index contributed by atoms with van der Waals surface area (Å²) in [7, 11) is 3.09. The van der Waals surface area contributed by atoms with E-state index in [9.17, 15) is 5.11 Å². The SMILES string of the molecule is COc1cccc(-c2n[nH]c(=S)n2N=Cc2ccc(O)c(OC)c2)c1. The topological polar surface area (TPSA) is 84.7 Å². The molecule has 7 nitrogen and oxygen atoms in total. The number of aromatic nitrogens is 3. The highest BCUT2D eigenvalue weighted by molar-refractivity contribution is 7.71. The highest BCUT2D eigenvalue weighted by Crippen LogP contribution is 2.26. The summed E-state index contributed by atoms with van der Waals surface area (Å²) in [6.07, 6.45) is 1.61. The second-order valence-corrected chi connectivity index (χ2v) is 5.46. The first-order valence-corrected chi connectivity index (χ1v) is 7.76. The van der Waals surface area contributed by atoms with E-state index in [0.717, 1.165) is 11.1 Å². The lowest BCUT2D eigenvalue weighted by Gasteiger charge is -2.05. The Labute approximate surface area is 149 Å². The van der Waals surface area contributed by atoms with Gasteiger partial charge in [-0.1, -0.05) is 12.1 Å². The molecule has 0 aliphatic rings. The van der Waals surface area contributed by atoms with Crippen LogP contribution in [0.15, 0.2) is 47.6 Å². The molecule has 3 aromatic rings. The maximum absolute atomic E-state index is 9.66. The van der Waals surface area contributed by atoms with Crippen molar-refractivity contribution in [1.29, 1.82) is 0 Å². The Morgan fingerprint density at radius 1 is 1.20 bits per heavy atom. The largest absolute Gasteiger partial charge is 0.504 e. The summed E-state index contributed by atoms with van der Waals surface area (Å²) in [6.45, 7) is 0. The van der Waals surface area contributed by atoms with Crippen LogP contribution < -0.4 is 9.47 Å². The highest BCUT2D eigenvalue weighted by atomic mass is 32.1. The van der Waals surface area contributed by atoms with Gasteiger partial charge in [0, 0.05) is 5.56 Å². The Balaban J connectivity index is 1.98. The van der Waals surface area contributed by atoms with Crippen LogP contribution in [-0.2, 0) is 0 Å². The molecular formula is C17H16N4O3S. The zero-order valence-corrected chi connectivity index (χ0v) is 14.4. The van der Waals surface area contributed by atoms with E-state index >= 15 is 0 Å². The normalized spacial score (nSPS) is 11.0. The lowest BCUT2D eigenvalue weighted by molar-refractivity contribution is 0.373. The third kappa shape index (κ3) is 3.53. The van der Waals surface area contributed by atoms with E-state index in [2.05, 4.69) is 15.3 Å². The summed E-state index contributed by atoms with van der Waals surface area (Å²) >= 11 is 5.25. The quantitative estimate of drug-likeness (QED) is 0.542. The van der Waals surface area contributed by atoms with E-state index in [1.165, 1.54) is 17.9 Å². The molecule has 3 rings (SSSR count). The minimum atomic E-state index is 0.0663. The van der Waals surface area contributed by atoms with Crippen molar-refractivity contribution in [3.63, 3.8) is 0 Å². The minimum absolute atomic E-state index is 0.0663. The van der Waals surface area contributed by atoms with E-state index in [1.807, 2.05) is 24.3 Å². The summed E-state index contributed by atoms with van der Waals surface area (Å²) in [5, 5.41) is 21.0. The fraction of sp³-hybridized carbons (Fsp3) is 0.118. The number of phenols is 1. The van der Waals surface area contributed by atoms with Gasteiger partial charge in [0.15, 0.2) is 17.3 Å². The van der Waals surface area contributed by atoms with Crippen LogP contribution in [0.2, 0.25) is 0 Å². The van der Waals surface area contributed by atoms with E-state index in [-0.39, 0.29) is 5.75 Å². The molecule has 0 saturated heterocycles. The summed E-state index contributed by atoms with van der Waals surface area (Å²) < 4.78 is 12.2. The molecule has 0 atom stereocenters. The molecule has 2 N–H and O–H groups in total. The van der Waals surface area contributed by atoms with Gasteiger partial charge in [-0.3, -0.25) is 0 Å². The van der Waals surface area contributed by atoms with Gasteiger partial charge in [0.1, 0.15) is 5.75 Å². The number of aromatic hydroxyl groups is 1. The molecule has 0 radical (unpaired) electrons. The fourth-order valence-electron chi connectivity index (χ4n) is 2.25. The standard InChI is InChI=1S/C17H16N4O3S/c1-23-13-5-3-4-12(9-13)16-19-20-17(25)21(16)18-10-11-6-7-14(22)15(8-11)24-2/h3-10,22H,1-2H3,(H,20,25). The number of methoxy groups -OCH3 is 2. The average Bonchev–Trinajstić information content (AvgIpc) is 3.01. The van der Waals surface area contributed by atoms with Crippen molar-refractivity contribution < 1.29 is 14.6 Å². The van der Waals surface area contributed by atoms with Gasteiger partial charge in [0.25, 0.3) is 0 Å². The number of nitrogens with one attached hydrogen (secondary N) is 1. The van der Waals surface area contributed by atoms with E-state index < -0.39 is 0 Å². The molecule has 128 valence electrons. The third-order valence-corrected chi connectivity index (χ3v) is 3.77. The maximum Gasteiger partial charge on any atom is 0.216 e. The van der Waals surface area contributed by atoms with Gasteiger partial charge in [-0.05, 0) is 48.1 Å². The molecule has 8 heteroatoms. The molecule has 0 aliphatic carbocycles. The van der Waals surface area contributed by atoms with Gasteiger partial charge >= 0.3 is 0 Å². The number of ether oxygens (including phenoxy) is 2. The number of phenolic OH excluding ortho intramolecular Hbond substituents is 1. The second-order valence-electron chi connectivity index (χ2n) is 5.07. The molecule has 0 saturated carbocycles. The number of nitrogens with zero attached hydrogens (tertiary/aromatic N) is 3. The van der Waals surface area contributed by atoms with Crippen molar-refractivity contribution >= 4 is 18.4 Å². The van der Waals surface area contributed by atoms with Gasteiger partial charge in [0.2, 0.25) is 4.77 Å². The molecule has 0 spiro atoms. The molecule has 0 bridgehead atoms. The number of hydrogen-bond donors (Lipinski definition) is 2. The fourth-order valence-corrected chi connectivity index (χ4v) is 2.43. The number of aromatic amines is 1. The van der Waals surface area contributed by atoms with Crippen molar-refractivity contribution in [3.8, 4) is 28.6 Å². The highest BCUT2D eigenvalue weighted by Gasteiger charge is 2.09. The van der Waals surface area contributed by atoms with E-state index in [4.69, 9.17) is 21.7 Å². The lowest BCUT2D eigenvalue weighted by atomic mass is 10.2. The Morgan fingerprint density at radius 2 is 2.04 bits per heavy atom. The smallest absolute Gasteiger partial charge is 0.216 e. The monoisotopic (exact) mass is 356 g/mol. The third-order valence-electron chi connectivity index (χ3n) is 3.50. The van der Waals surface area contributed by atoms with Crippen LogP contribution >= 0.6 is 12.2 Å². The first-order valence-electron chi connectivity index (χ1n) is 7.35. The first kappa shape index (κ1) is 16.7. The van der Waals surface area contributed by atoms with Crippen molar-refractivity contribution in [2.24, 2.45) is 5.10 Å². The van der Waals surface area contributed by atoms with Gasteiger partial charge in [-0.2, -0.15) is 14.9 Å². The molecule has 0 fully saturated rings. The van der Waals surface area contributed by atoms with Crippen LogP contribution in [0.1, 0.15) is 5.56 Å².